The highest BCUT2D eigenvalue weighted by Gasteiger charge is 2.22. The number of hydrogen-bond donors (Lipinski definition) is 0. The highest BCUT2D eigenvalue weighted by atomic mass is 35.5. The van der Waals surface area contributed by atoms with Crippen molar-refractivity contribution in [2.75, 3.05) is 51.8 Å². The third-order valence-corrected chi connectivity index (χ3v) is 5.31. The van der Waals surface area contributed by atoms with Crippen LogP contribution in [0.1, 0.15) is 5.56 Å². The van der Waals surface area contributed by atoms with E-state index in [1.54, 1.807) is 24.3 Å². The maximum Gasteiger partial charge on any atom is 0.236 e. The van der Waals surface area contributed by atoms with E-state index in [1.807, 2.05) is 31.3 Å². The molecule has 2 heterocycles. The van der Waals surface area contributed by atoms with E-state index in [9.17, 15) is 4.79 Å². The van der Waals surface area contributed by atoms with Gasteiger partial charge in [0, 0.05) is 46.0 Å². The number of aromatic nitrogens is 1. The van der Waals surface area contributed by atoms with Crippen LogP contribution in [0.3, 0.4) is 0 Å². The number of methoxy groups -OCH3 is 1. The van der Waals surface area contributed by atoms with Gasteiger partial charge in [-0.15, -0.1) is 0 Å². The Balaban J connectivity index is 1.48. The number of pyridine rings is 1. The molecule has 0 saturated carbocycles. The van der Waals surface area contributed by atoms with Crippen molar-refractivity contribution in [2.45, 2.75) is 6.54 Å². The van der Waals surface area contributed by atoms with E-state index in [1.165, 1.54) is 0 Å². The second-order valence-electron chi connectivity index (χ2n) is 6.82. The monoisotopic (exact) mass is 422 g/mol. The number of benzene rings is 1. The first-order chi connectivity index (χ1) is 13.5. The standard InChI is InChI=1S/C20H24Cl2N4O2/c1-24(13-15-3-5-17(28-2)6-4-15)19(27)14-25-7-9-26(10-8-25)20-18(22)11-16(21)12-23-20/h3-6,11-12H,7-10,13-14H2,1-2H3. The van der Waals surface area contributed by atoms with Crippen LogP contribution in [0.2, 0.25) is 10.0 Å². The second kappa shape index (κ2) is 9.45. The third kappa shape index (κ3) is 5.28. The Bertz CT molecular complexity index is 808. The number of piperazine rings is 1. The van der Waals surface area contributed by atoms with Crippen LogP contribution in [0.4, 0.5) is 5.82 Å². The van der Waals surface area contributed by atoms with Gasteiger partial charge in [0.1, 0.15) is 11.6 Å². The van der Waals surface area contributed by atoms with Crippen LogP contribution >= 0.6 is 23.2 Å². The SMILES string of the molecule is COc1ccc(CN(C)C(=O)CN2CCN(c3ncc(Cl)cc3Cl)CC2)cc1. The molecule has 1 aromatic carbocycles. The van der Waals surface area contributed by atoms with Crippen molar-refractivity contribution in [3.05, 3.63) is 52.1 Å². The van der Waals surface area contributed by atoms with Gasteiger partial charge < -0.3 is 14.5 Å². The summed E-state index contributed by atoms with van der Waals surface area (Å²) in [6.45, 7) is 4.08. The largest absolute Gasteiger partial charge is 0.497 e. The fourth-order valence-electron chi connectivity index (χ4n) is 3.16. The lowest BCUT2D eigenvalue weighted by Gasteiger charge is -2.36. The van der Waals surface area contributed by atoms with Crippen LogP contribution in [0.5, 0.6) is 5.75 Å². The molecule has 150 valence electrons. The highest BCUT2D eigenvalue weighted by molar-refractivity contribution is 6.36. The number of ether oxygens (including phenoxy) is 1. The molecule has 6 nitrogen and oxygen atoms in total. The minimum atomic E-state index is 0.104. The molecule has 1 aliphatic heterocycles. The number of nitrogens with zero attached hydrogens (tertiary/aromatic N) is 4. The van der Waals surface area contributed by atoms with E-state index < -0.39 is 0 Å². The predicted octanol–water partition coefficient (Wildman–Crippen LogP) is 3.18. The molecule has 0 spiro atoms. The fourth-order valence-corrected chi connectivity index (χ4v) is 3.66. The smallest absolute Gasteiger partial charge is 0.236 e. The fraction of sp³-hybridized carbons (Fsp3) is 0.400. The van der Waals surface area contributed by atoms with Crippen molar-refractivity contribution in [1.82, 2.24) is 14.8 Å². The molecule has 0 bridgehead atoms. The number of anilines is 1. The van der Waals surface area contributed by atoms with Gasteiger partial charge >= 0.3 is 0 Å². The first kappa shape index (κ1) is 20.7. The van der Waals surface area contributed by atoms with E-state index in [-0.39, 0.29) is 5.91 Å². The maximum absolute atomic E-state index is 12.6. The summed E-state index contributed by atoms with van der Waals surface area (Å²) in [6, 6.07) is 9.47. The van der Waals surface area contributed by atoms with Crippen LogP contribution in [0.25, 0.3) is 0 Å². The second-order valence-corrected chi connectivity index (χ2v) is 7.66. The molecule has 0 radical (unpaired) electrons. The van der Waals surface area contributed by atoms with E-state index in [4.69, 9.17) is 27.9 Å². The first-order valence-corrected chi connectivity index (χ1v) is 9.87. The van der Waals surface area contributed by atoms with E-state index >= 15 is 0 Å². The molecule has 0 unspecified atom stereocenters. The van der Waals surface area contributed by atoms with Gasteiger partial charge in [-0.2, -0.15) is 0 Å². The zero-order valence-electron chi connectivity index (χ0n) is 16.1. The maximum atomic E-state index is 12.6. The lowest BCUT2D eigenvalue weighted by Crippen LogP contribution is -2.49. The van der Waals surface area contributed by atoms with Crippen molar-refractivity contribution < 1.29 is 9.53 Å². The summed E-state index contributed by atoms with van der Waals surface area (Å²) in [6.07, 6.45) is 1.60. The molecule has 3 rings (SSSR count). The molecule has 28 heavy (non-hydrogen) atoms. The first-order valence-electron chi connectivity index (χ1n) is 9.11. The topological polar surface area (TPSA) is 48.9 Å². The van der Waals surface area contributed by atoms with Gasteiger partial charge in [-0.3, -0.25) is 9.69 Å². The molecule has 1 saturated heterocycles. The summed E-state index contributed by atoms with van der Waals surface area (Å²) in [5.74, 6) is 1.66. The number of rotatable bonds is 6. The molecule has 1 aliphatic rings. The molecule has 8 heteroatoms. The zero-order valence-corrected chi connectivity index (χ0v) is 17.6. The van der Waals surface area contributed by atoms with Gasteiger partial charge in [0.05, 0.1) is 23.7 Å². The number of amides is 1. The number of likely N-dealkylation sites (N-methyl/N-ethyl adjacent to an activating group) is 1. The Hall–Kier alpha value is -2.02. The molecule has 1 amide bonds. The Labute approximate surface area is 175 Å². The van der Waals surface area contributed by atoms with Gasteiger partial charge in [-0.05, 0) is 23.8 Å². The Morgan fingerprint density at radius 2 is 1.86 bits per heavy atom. The predicted molar refractivity (Wildman–Crippen MR) is 112 cm³/mol. The Morgan fingerprint density at radius 3 is 2.46 bits per heavy atom. The molecule has 1 fully saturated rings. The summed E-state index contributed by atoms with van der Waals surface area (Å²) in [7, 11) is 3.47. The summed E-state index contributed by atoms with van der Waals surface area (Å²) in [5, 5.41) is 1.08. The lowest BCUT2D eigenvalue weighted by molar-refractivity contribution is -0.131. The average molecular weight is 423 g/mol. The summed E-state index contributed by atoms with van der Waals surface area (Å²) in [5.41, 5.74) is 1.07. The molecule has 0 aliphatic carbocycles. The van der Waals surface area contributed by atoms with Gasteiger partial charge in [0.2, 0.25) is 5.91 Å². The van der Waals surface area contributed by atoms with Crippen molar-refractivity contribution in [3.8, 4) is 5.75 Å². The zero-order chi connectivity index (χ0) is 20.1. The van der Waals surface area contributed by atoms with Crippen molar-refractivity contribution in [1.29, 1.82) is 0 Å². The van der Waals surface area contributed by atoms with Gasteiger partial charge in [0.25, 0.3) is 0 Å². The molecule has 0 atom stereocenters. The minimum Gasteiger partial charge on any atom is -0.497 e. The number of carbonyl (C=O) groups is 1. The lowest BCUT2D eigenvalue weighted by atomic mass is 10.2. The third-order valence-electron chi connectivity index (χ3n) is 4.82. The molecule has 0 N–H and O–H groups in total. The van der Waals surface area contributed by atoms with E-state index in [0.29, 0.717) is 23.1 Å². The van der Waals surface area contributed by atoms with Gasteiger partial charge in [-0.25, -0.2) is 4.98 Å². The molecular formula is C20H24Cl2N4O2. The number of carbonyl (C=O) groups excluding carboxylic acids is 1. The van der Waals surface area contributed by atoms with Crippen molar-refractivity contribution in [2.24, 2.45) is 0 Å². The number of halogens is 2. The van der Waals surface area contributed by atoms with Crippen LogP contribution in [-0.2, 0) is 11.3 Å². The highest BCUT2D eigenvalue weighted by Crippen LogP contribution is 2.26. The van der Waals surface area contributed by atoms with Crippen LogP contribution in [-0.4, -0.2) is 67.6 Å². The van der Waals surface area contributed by atoms with Gasteiger partial charge in [-0.1, -0.05) is 35.3 Å². The van der Waals surface area contributed by atoms with Crippen molar-refractivity contribution >= 4 is 34.9 Å². The van der Waals surface area contributed by atoms with Crippen LogP contribution < -0.4 is 9.64 Å². The quantitative estimate of drug-likeness (QED) is 0.715. The average Bonchev–Trinajstić information content (AvgIpc) is 2.69. The normalized spacial score (nSPS) is 14.8. The minimum absolute atomic E-state index is 0.104. The van der Waals surface area contributed by atoms with Gasteiger partial charge in [0.15, 0.2) is 0 Å². The van der Waals surface area contributed by atoms with E-state index in [0.717, 1.165) is 43.3 Å². The molecule has 2 aromatic rings. The van der Waals surface area contributed by atoms with Crippen molar-refractivity contribution in [3.63, 3.8) is 0 Å². The Kier molecular flexibility index (Phi) is 6.99. The summed E-state index contributed by atoms with van der Waals surface area (Å²) in [4.78, 5) is 23.0. The molecular weight excluding hydrogens is 399 g/mol. The van der Waals surface area contributed by atoms with E-state index in [2.05, 4.69) is 14.8 Å². The summed E-state index contributed by atoms with van der Waals surface area (Å²) >= 11 is 12.2. The Morgan fingerprint density at radius 1 is 1.18 bits per heavy atom. The number of hydrogen-bond acceptors (Lipinski definition) is 5. The molecule has 1 aromatic heterocycles. The van der Waals surface area contributed by atoms with Crippen LogP contribution in [0.15, 0.2) is 36.5 Å². The van der Waals surface area contributed by atoms with Crippen LogP contribution in [0, 0.1) is 0 Å². The summed E-state index contributed by atoms with van der Waals surface area (Å²) < 4.78 is 5.17.